The molecule has 0 unspecified atom stereocenters. The summed E-state index contributed by atoms with van der Waals surface area (Å²) in [7, 11) is -3.70. The second-order valence-electron chi connectivity index (χ2n) is 5.15. The fraction of sp³-hybridized carbons (Fsp3) is 0.188. The van der Waals surface area contributed by atoms with Crippen LogP contribution in [0.1, 0.15) is 11.1 Å². The lowest BCUT2D eigenvalue weighted by atomic mass is 10.2. The summed E-state index contributed by atoms with van der Waals surface area (Å²) in [5, 5.41) is 2.66. The van der Waals surface area contributed by atoms with Crippen LogP contribution in [-0.4, -0.2) is 20.9 Å². The van der Waals surface area contributed by atoms with Gasteiger partial charge < -0.3 is 5.32 Å². The molecule has 2 N–H and O–H groups in total. The Labute approximate surface area is 144 Å². The summed E-state index contributed by atoms with van der Waals surface area (Å²) in [4.78, 5) is 12.0. The Bertz CT molecular complexity index is 818. The Morgan fingerprint density at radius 1 is 1.09 bits per heavy atom. The minimum Gasteiger partial charge on any atom is -0.325 e. The van der Waals surface area contributed by atoms with Crippen molar-refractivity contribution >= 4 is 37.5 Å². The zero-order valence-electron chi connectivity index (χ0n) is 12.8. The van der Waals surface area contributed by atoms with E-state index >= 15 is 0 Å². The van der Waals surface area contributed by atoms with Crippen LogP contribution >= 0.6 is 15.9 Å². The summed E-state index contributed by atoms with van der Waals surface area (Å²) < 4.78 is 27.4. The van der Waals surface area contributed by atoms with Crippen LogP contribution in [0.15, 0.2) is 51.8 Å². The Kier molecular flexibility index (Phi) is 5.56. The average Bonchev–Trinajstić information content (AvgIpc) is 2.50. The topological polar surface area (TPSA) is 75.3 Å². The maximum absolute atomic E-state index is 12.1. The van der Waals surface area contributed by atoms with E-state index in [4.69, 9.17) is 0 Å². The van der Waals surface area contributed by atoms with Gasteiger partial charge in [-0.1, -0.05) is 33.6 Å². The molecule has 0 aliphatic carbocycles. The molecule has 0 heterocycles. The minimum atomic E-state index is -3.70. The lowest BCUT2D eigenvalue weighted by Crippen LogP contribution is -2.32. The van der Waals surface area contributed by atoms with Crippen LogP contribution in [0.3, 0.4) is 0 Å². The number of carbonyl (C=O) groups is 1. The Morgan fingerprint density at radius 2 is 1.74 bits per heavy atom. The van der Waals surface area contributed by atoms with Gasteiger partial charge in [0.2, 0.25) is 15.9 Å². The summed E-state index contributed by atoms with van der Waals surface area (Å²) in [6, 6.07) is 11.8. The fourth-order valence-corrected chi connectivity index (χ4v) is 3.12. The zero-order valence-corrected chi connectivity index (χ0v) is 15.2. The van der Waals surface area contributed by atoms with Gasteiger partial charge in [-0.05, 0) is 49.7 Å². The highest BCUT2D eigenvalue weighted by molar-refractivity contribution is 9.10. The van der Waals surface area contributed by atoms with E-state index in [1.54, 1.807) is 24.3 Å². The van der Waals surface area contributed by atoms with Crippen LogP contribution in [0, 0.1) is 13.8 Å². The predicted octanol–water partition coefficient (Wildman–Crippen LogP) is 2.98. The summed E-state index contributed by atoms with van der Waals surface area (Å²) >= 11 is 3.38. The van der Waals surface area contributed by atoms with Crippen molar-refractivity contribution in [1.29, 1.82) is 0 Å². The first-order valence-electron chi connectivity index (χ1n) is 6.90. The number of hydrogen-bond acceptors (Lipinski definition) is 3. The zero-order chi connectivity index (χ0) is 17.0. The van der Waals surface area contributed by atoms with Crippen molar-refractivity contribution in [3.63, 3.8) is 0 Å². The van der Waals surface area contributed by atoms with Crippen LogP contribution in [0.25, 0.3) is 0 Å². The third kappa shape index (κ3) is 4.89. The van der Waals surface area contributed by atoms with Gasteiger partial charge >= 0.3 is 0 Å². The van der Waals surface area contributed by atoms with Gasteiger partial charge in [0.15, 0.2) is 0 Å². The molecule has 0 fully saturated rings. The molecule has 2 aromatic rings. The fourth-order valence-electron chi connectivity index (χ4n) is 1.89. The average molecular weight is 397 g/mol. The van der Waals surface area contributed by atoms with Crippen molar-refractivity contribution in [2.45, 2.75) is 18.7 Å². The molecule has 0 saturated carbocycles. The van der Waals surface area contributed by atoms with Crippen LogP contribution in [0.2, 0.25) is 0 Å². The SMILES string of the molecule is Cc1ccc(S(=O)(=O)NCC(=O)Nc2ccc(Br)c(C)c2)cc1. The first-order valence-corrected chi connectivity index (χ1v) is 9.18. The number of aryl methyl sites for hydroxylation is 2. The normalized spacial score (nSPS) is 11.3. The van der Waals surface area contributed by atoms with Gasteiger partial charge in [0.05, 0.1) is 11.4 Å². The lowest BCUT2D eigenvalue weighted by Gasteiger charge is -2.09. The van der Waals surface area contributed by atoms with E-state index in [1.807, 2.05) is 19.9 Å². The van der Waals surface area contributed by atoms with Crippen molar-refractivity contribution in [2.75, 3.05) is 11.9 Å². The number of amides is 1. The van der Waals surface area contributed by atoms with E-state index in [1.165, 1.54) is 12.1 Å². The van der Waals surface area contributed by atoms with E-state index in [0.717, 1.165) is 15.6 Å². The van der Waals surface area contributed by atoms with Crippen LogP contribution in [0.4, 0.5) is 5.69 Å². The number of carbonyl (C=O) groups excluding carboxylic acids is 1. The molecule has 0 atom stereocenters. The molecular weight excluding hydrogens is 380 g/mol. The molecule has 2 rings (SSSR count). The number of rotatable bonds is 5. The number of halogens is 1. The number of anilines is 1. The summed E-state index contributed by atoms with van der Waals surface area (Å²) in [6.45, 7) is 3.45. The Hall–Kier alpha value is -1.70. The van der Waals surface area contributed by atoms with Crippen molar-refractivity contribution in [2.24, 2.45) is 0 Å². The molecule has 122 valence electrons. The van der Waals surface area contributed by atoms with Crippen molar-refractivity contribution in [3.05, 3.63) is 58.1 Å². The summed E-state index contributed by atoms with van der Waals surface area (Å²) in [5.41, 5.74) is 2.56. The summed E-state index contributed by atoms with van der Waals surface area (Å²) in [6.07, 6.45) is 0. The van der Waals surface area contributed by atoms with Gasteiger partial charge in [-0.25, -0.2) is 13.1 Å². The second kappa shape index (κ2) is 7.25. The quantitative estimate of drug-likeness (QED) is 0.815. The van der Waals surface area contributed by atoms with Crippen LogP contribution in [-0.2, 0) is 14.8 Å². The van der Waals surface area contributed by atoms with E-state index in [2.05, 4.69) is 26.0 Å². The Balaban J connectivity index is 1.98. The van der Waals surface area contributed by atoms with E-state index < -0.39 is 15.9 Å². The molecular formula is C16H17BrN2O3S. The largest absolute Gasteiger partial charge is 0.325 e. The van der Waals surface area contributed by atoms with Crippen LogP contribution in [0.5, 0.6) is 0 Å². The third-order valence-corrected chi connectivity index (χ3v) is 5.50. The van der Waals surface area contributed by atoms with Gasteiger partial charge in [0.25, 0.3) is 0 Å². The first kappa shape index (κ1) is 17.7. The van der Waals surface area contributed by atoms with E-state index in [0.29, 0.717) is 5.69 Å². The lowest BCUT2D eigenvalue weighted by molar-refractivity contribution is -0.115. The molecule has 0 spiro atoms. The van der Waals surface area contributed by atoms with Crippen molar-refractivity contribution < 1.29 is 13.2 Å². The molecule has 0 saturated heterocycles. The maximum atomic E-state index is 12.1. The number of sulfonamides is 1. The van der Waals surface area contributed by atoms with Gasteiger partial charge in [-0.15, -0.1) is 0 Å². The molecule has 0 aliphatic heterocycles. The van der Waals surface area contributed by atoms with Crippen molar-refractivity contribution in [1.82, 2.24) is 4.72 Å². The molecule has 0 aliphatic rings. The van der Waals surface area contributed by atoms with Gasteiger partial charge in [-0.3, -0.25) is 4.79 Å². The second-order valence-corrected chi connectivity index (χ2v) is 7.77. The van der Waals surface area contributed by atoms with Crippen LogP contribution < -0.4 is 10.0 Å². The Morgan fingerprint density at radius 3 is 2.35 bits per heavy atom. The number of nitrogens with one attached hydrogen (secondary N) is 2. The molecule has 2 aromatic carbocycles. The highest BCUT2D eigenvalue weighted by Crippen LogP contribution is 2.19. The molecule has 0 bridgehead atoms. The molecule has 23 heavy (non-hydrogen) atoms. The smallest absolute Gasteiger partial charge is 0.241 e. The number of benzene rings is 2. The highest BCUT2D eigenvalue weighted by Gasteiger charge is 2.15. The highest BCUT2D eigenvalue weighted by atomic mass is 79.9. The maximum Gasteiger partial charge on any atom is 0.241 e. The summed E-state index contributed by atoms with van der Waals surface area (Å²) in [5.74, 6) is -0.428. The van der Waals surface area contributed by atoms with E-state index in [9.17, 15) is 13.2 Å². The minimum absolute atomic E-state index is 0.135. The molecule has 1 amide bonds. The molecule has 0 aromatic heterocycles. The van der Waals surface area contributed by atoms with Gasteiger partial charge in [-0.2, -0.15) is 0 Å². The van der Waals surface area contributed by atoms with Gasteiger partial charge in [0.1, 0.15) is 0 Å². The number of hydrogen-bond donors (Lipinski definition) is 2. The monoisotopic (exact) mass is 396 g/mol. The molecule has 0 radical (unpaired) electrons. The van der Waals surface area contributed by atoms with Gasteiger partial charge in [0, 0.05) is 10.2 Å². The standard InChI is InChI=1S/C16H17BrN2O3S/c1-11-3-6-14(7-4-11)23(21,22)18-10-16(20)19-13-5-8-15(17)12(2)9-13/h3-9,18H,10H2,1-2H3,(H,19,20). The first-order chi connectivity index (χ1) is 10.8. The van der Waals surface area contributed by atoms with E-state index in [-0.39, 0.29) is 11.4 Å². The van der Waals surface area contributed by atoms with Crippen molar-refractivity contribution in [3.8, 4) is 0 Å². The molecule has 5 nitrogen and oxygen atoms in total. The molecule has 7 heteroatoms. The third-order valence-electron chi connectivity index (χ3n) is 3.20. The predicted molar refractivity (Wildman–Crippen MR) is 93.9 cm³/mol.